The van der Waals surface area contributed by atoms with Gasteiger partial charge >= 0.3 is 0 Å². The molecular weight excluding hydrogens is 294 g/mol. The van der Waals surface area contributed by atoms with Crippen LogP contribution in [0.4, 0.5) is 0 Å². The number of fused-ring (bicyclic) bond motifs is 1. The fourth-order valence-corrected chi connectivity index (χ4v) is 3.29. The number of rotatable bonds is 3. The summed E-state index contributed by atoms with van der Waals surface area (Å²) in [6.07, 6.45) is 9.93. The van der Waals surface area contributed by atoms with Crippen LogP contribution in [-0.2, 0) is 11.2 Å². The Bertz CT molecular complexity index is 739. The molecule has 0 bridgehead atoms. The lowest BCUT2D eigenvalue weighted by molar-refractivity contribution is -0.113. The summed E-state index contributed by atoms with van der Waals surface area (Å²) in [6.45, 7) is 2.07. The summed E-state index contributed by atoms with van der Waals surface area (Å²) in [7, 11) is 0. The van der Waals surface area contributed by atoms with Crippen molar-refractivity contribution in [3.63, 3.8) is 0 Å². The van der Waals surface area contributed by atoms with E-state index in [4.69, 9.17) is 0 Å². The first-order valence-corrected chi connectivity index (χ1v) is 8.05. The maximum Gasteiger partial charge on any atom is 0.283 e. The van der Waals surface area contributed by atoms with Crippen LogP contribution < -0.4 is 0 Å². The molecule has 110 valence electrons. The lowest BCUT2D eigenvalue weighted by atomic mass is 10.1. The first-order valence-electron chi connectivity index (χ1n) is 7.17. The van der Waals surface area contributed by atoms with Crippen molar-refractivity contribution >= 4 is 29.2 Å². The Morgan fingerprint density at radius 2 is 2.05 bits per heavy atom. The number of aliphatic imine (C=N–C) groups is 1. The molecule has 1 aromatic rings. The quantitative estimate of drug-likeness (QED) is 0.634. The SMILES string of the molecule is CCc1ccc(C(=O)/C=C2\SC3C=CC=CC3=NC2=O)cc1. The first-order chi connectivity index (χ1) is 10.7. The van der Waals surface area contributed by atoms with Gasteiger partial charge in [0.2, 0.25) is 0 Å². The van der Waals surface area contributed by atoms with Gasteiger partial charge in [-0.3, -0.25) is 9.59 Å². The highest BCUT2D eigenvalue weighted by molar-refractivity contribution is 8.05. The van der Waals surface area contributed by atoms with Gasteiger partial charge in [0.05, 0.1) is 15.9 Å². The van der Waals surface area contributed by atoms with Crippen molar-refractivity contribution in [2.24, 2.45) is 4.99 Å². The number of amides is 1. The average molecular weight is 309 g/mol. The zero-order chi connectivity index (χ0) is 15.5. The Labute approximate surface area is 133 Å². The second-order valence-corrected chi connectivity index (χ2v) is 6.23. The van der Waals surface area contributed by atoms with Gasteiger partial charge in [0.1, 0.15) is 0 Å². The Hall–Kier alpha value is -2.20. The van der Waals surface area contributed by atoms with Gasteiger partial charge in [0.25, 0.3) is 5.91 Å². The van der Waals surface area contributed by atoms with E-state index in [0.29, 0.717) is 10.5 Å². The van der Waals surface area contributed by atoms with Crippen molar-refractivity contribution in [1.82, 2.24) is 0 Å². The smallest absolute Gasteiger partial charge is 0.283 e. The van der Waals surface area contributed by atoms with Crippen molar-refractivity contribution in [3.8, 4) is 0 Å². The standard InChI is InChI=1S/C18H15NO2S/c1-2-12-7-9-13(10-8-12)15(20)11-17-18(21)19-14-5-3-4-6-16(14)22-17/h3-11,16H,2H2,1H3/b17-11-. The maximum atomic E-state index is 12.3. The van der Waals surface area contributed by atoms with E-state index >= 15 is 0 Å². The van der Waals surface area contributed by atoms with Gasteiger partial charge in [0, 0.05) is 11.6 Å². The van der Waals surface area contributed by atoms with Crippen molar-refractivity contribution in [2.45, 2.75) is 18.6 Å². The predicted octanol–water partition coefficient (Wildman–Crippen LogP) is 3.52. The molecule has 0 spiro atoms. The molecule has 0 aromatic heterocycles. The van der Waals surface area contributed by atoms with E-state index in [-0.39, 0.29) is 16.9 Å². The molecule has 1 atom stereocenters. The van der Waals surface area contributed by atoms with Gasteiger partial charge < -0.3 is 0 Å². The summed E-state index contributed by atoms with van der Waals surface area (Å²) in [4.78, 5) is 28.8. The monoisotopic (exact) mass is 309 g/mol. The van der Waals surface area contributed by atoms with E-state index in [1.807, 2.05) is 36.4 Å². The largest absolute Gasteiger partial charge is 0.289 e. The molecule has 3 nitrogen and oxygen atoms in total. The van der Waals surface area contributed by atoms with Crippen LogP contribution in [0.5, 0.6) is 0 Å². The number of hydrogen-bond donors (Lipinski definition) is 0. The number of carbonyl (C=O) groups excluding carboxylic acids is 2. The minimum atomic E-state index is -0.338. The van der Waals surface area contributed by atoms with Crippen LogP contribution in [0.25, 0.3) is 0 Å². The van der Waals surface area contributed by atoms with Crippen molar-refractivity contribution in [3.05, 3.63) is 70.7 Å². The Balaban J connectivity index is 1.83. The lowest BCUT2D eigenvalue weighted by Gasteiger charge is -2.20. The second-order valence-electron chi connectivity index (χ2n) is 5.05. The number of carbonyl (C=O) groups is 2. The van der Waals surface area contributed by atoms with Crippen LogP contribution in [0.15, 0.2) is 64.5 Å². The highest BCUT2D eigenvalue weighted by atomic mass is 32.2. The molecule has 1 unspecified atom stereocenters. The van der Waals surface area contributed by atoms with E-state index < -0.39 is 0 Å². The number of allylic oxidation sites excluding steroid dienone is 4. The van der Waals surface area contributed by atoms with Crippen molar-refractivity contribution < 1.29 is 9.59 Å². The molecule has 3 rings (SSSR count). The predicted molar refractivity (Wildman–Crippen MR) is 90.3 cm³/mol. The molecule has 0 fully saturated rings. The Morgan fingerprint density at radius 3 is 2.77 bits per heavy atom. The van der Waals surface area contributed by atoms with E-state index in [2.05, 4.69) is 11.9 Å². The lowest BCUT2D eigenvalue weighted by Crippen LogP contribution is -2.23. The molecule has 1 aliphatic heterocycles. The second kappa shape index (κ2) is 6.28. The van der Waals surface area contributed by atoms with Crippen LogP contribution in [0.2, 0.25) is 0 Å². The van der Waals surface area contributed by atoms with Gasteiger partial charge in [0.15, 0.2) is 5.78 Å². The maximum absolute atomic E-state index is 12.3. The molecule has 0 N–H and O–H groups in total. The van der Waals surface area contributed by atoms with Gasteiger partial charge in [-0.15, -0.1) is 11.8 Å². The highest BCUT2D eigenvalue weighted by Gasteiger charge is 2.26. The van der Waals surface area contributed by atoms with Crippen LogP contribution in [-0.4, -0.2) is 22.7 Å². The topological polar surface area (TPSA) is 46.5 Å². The third-order valence-corrected chi connectivity index (χ3v) is 4.76. The number of ketones is 1. The highest BCUT2D eigenvalue weighted by Crippen LogP contribution is 2.31. The molecule has 0 radical (unpaired) electrons. The molecule has 1 aliphatic carbocycles. The van der Waals surface area contributed by atoms with Crippen LogP contribution in [0, 0.1) is 0 Å². The Morgan fingerprint density at radius 1 is 1.27 bits per heavy atom. The van der Waals surface area contributed by atoms with Crippen molar-refractivity contribution in [1.29, 1.82) is 0 Å². The number of hydrogen-bond acceptors (Lipinski definition) is 3. The van der Waals surface area contributed by atoms with Crippen molar-refractivity contribution in [2.75, 3.05) is 0 Å². The molecule has 0 saturated carbocycles. The van der Waals surface area contributed by atoms with E-state index in [9.17, 15) is 9.59 Å². The van der Waals surface area contributed by atoms with Crippen LogP contribution in [0.1, 0.15) is 22.8 Å². The molecular formula is C18H15NO2S. The summed E-state index contributed by atoms with van der Waals surface area (Å²) in [6, 6.07) is 7.47. The van der Waals surface area contributed by atoms with E-state index in [0.717, 1.165) is 12.1 Å². The van der Waals surface area contributed by atoms with Crippen LogP contribution in [0.3, 0.4) is 0 Å². The molecule has 1 heterocycles. The number of benzene rings is 1. The molecule has 0 saturated heterocycles. The molecule has 2 aliphatic rings. The third kappa shape index (κ3) is 3.02. The Kier molecular flexibility index (Phi) is 4.20. The van der Waals surface area contributed by atoms with Crippen LogP contribution >= 0.6 is 11.8 Å². The number of aryl methyl sites for hydroxylation is 1. The molecule has 22 heavy (non-hydrogen) atoms. The zero-order valence-electron chi connectivity index (χ0n) is 12.2. The summed E-state index contributed by atoms with van der Waals surface area (Å²) in [5.41, 5.74) is 2.52. The first kappa shape index (κ1) is 14.7. The number of nitrogens with zero attached hydrogens (tertiary/aromatic N) is 1. The summed E-state index contributed by atoms with van der Waals surface area (Å²) in [5, 5.41) is 0.0178. The van der Waals surface area contributed by atoms with Gasteiger partial charge in [-0.25, -0.2) is 4.99 Å². The number of thioether (sulfide) groups is 1. The summed E-state index contributed by atoms with van der Waals surface area (Å²) < 4.78 is 0. The zero-order valence-corrected chi connectivity index (χ0v) is 13.0. The minimum Gasteiger partial charge on any atom is -0.289 e. The molecule has 1 amide bonds. The molecule has 4 heteroatoms. The fourth-order valence-electron chi connectivity index (χ4n) is 2.28. The average Bonchev–Trinajstić information content (AvgIpc) is 2.55. The summed E-state index contributed by atoms with van der Waals surface area (Å²) >= 11 is 1.38. The minimum absolute atomic E-state index is 0.0178. The molecule has 1 aromatic carbocycles. The van der Waals surface area contributed by atoms with Gasteiger partial charge in [-0.05, 0) is 18.1 Å². The fraction of sp³-hybridized carbons (Fsp3) is 0.167. The van der Waals surface area contributed by atoms with E-state index in [1.165, 1.54) is 23.4 Å². The van der Waals surface area contributed by atoms with E-state index in [1.54, 1.807) is 12.1 Å². The van der Waals surface area contributed by atoms with Gasteiger partial charge in [-0.2, -0.15) is 0 Å². The van der Waals surface area contributed by atoms with Gasteiger partial charge in [-0.1, -0.05) is 49.4 Å². The third-order valence-electron chi connectivity index (χ3n) is 3.56. The normalized spacial score (nSPS) is 21.7. The summed E-state index contributed by atoms with van der Waals surface area (Å²) in [5.74, 6) is -0.498.